The van der Waals surface area contributed by atoms with Gasteiger partial charge in [0.2, 0.25) is 7.37 Å². The summed E-state index contributed by atoms with van der Waals surface area (Å²) in [5.41, 5.74) is 1.73. The van der Waals surface area contributed by atoms with E-state index in [0.717, 1.165) is 21.9 Å². The minimum atomic E-state index is -3.58. The van der Waals surface area contributed by atoms with Gasteiger partial charge in [-0.25, -0.2) is 0 Å². The van der Waals surface area contributed by atoms with Gasteiger partial charge in [-0.3, -0.25) is 9.36 Å². The molecular weight excluding hydrogens is 359 g/mol. The summed E-state index contributed by atoms with van der Waals surface area (Å²) in [6.45, 7) is 1.68. The molecule has 0 heterocycles. The smallest absolute Gasteiger partial charge is 0.306 e. The Morgan fingerprint density at radius 2 is 1.70 bits per heavy atom. The highest BCUT2D eigenvalue weighted by Gasteiger charge is 2.23. The molecule has 3 aromatic carbocycles. The van der Waals surface area contributed by atoms with E-state index in [2.05, 4.69) is 0 Å². The second-order valence-corrected chi connectivity index (χ2v) is 9.19. The summed E-state index contributed by atoms with van der Waals surface area (Å²) >= 11 is 0. The first-order valence-electron chi connectivity index (χ1n) is 8.97. The van der Waals surface area contributed by atoms with Crippen LogP contribution >= 0.6 is 7.37 Å². The minimum absolute atomic E-state index is 0.0805. The molecule has 4 nitrogen and oxygen atoms in total. The van der Waals surface area contributed by atoms with Gasteiger partial charge in [-0.1, -0.05) is 61.5 Å². The Bertz CT molecular complexity index is 998. The molecule has 5 heteroatoms. The summed E-state index contributed by atoms with van der Waals surface area (Å²) in [5, 5.41) is 11.5. The Kier molecular flexibility index (Phi) is 5.79. The van der Waals surface area contributed by atoms with Gasteiger partial charge in [-0.2, -0.15) is 0 Å². The maximum absolute atomic E-state index is 13.1. The first-order valence-corrected chi connectivity index (χ1v) is 10.8. The van der Waals surface area contributed by atoms with Crippen LogP contribution in [0.2, 0.25) is 0 Å². The third kappa shape index (κ3) is 4.65. The fourth-order valence-electron chi connectivity index (χ4n) is 3.20. The molecule has 0 saturated heterocycles. The maximum atomic E-state index is 13.1. The minimum Gasteiger partial charge on any atom is -0.481 e. The lowest BCUT2D eigenvalue weighted by atomic mass is 9.97. The summed E-state index contributed by atoms with van der Waals surface area (Å²) in [6.07, 6.45) is 1.11. The van der Waals surface area contributed by atoms with Crippen LogP contribution in [0.15, 0.2) is 66.7 Å². The molecule has 2 unspecified atom stereocenters. The largest absolute Gasteiger partial charge is 0.481 e. The van der Waals surface area contributed by atoms with Crippen LogP contribution in [0, 0.1) is 5.92 Å². The van der Waals surface area contributed by atoms with Crippen molar-refractivity contribution in [1.29, 1.82) is 0 Å². The van der Waals surface area contributed by atoms with E-state index in [9.17, 15) is 14.3 Å². The fraction of sp³-hybridized carbons (Fsp3) is 0.227. The normalized spacial score (nSPS) is 14.6. The van der Waals surface area contributed by atoms with Crippen LogP contribution in [0.3, 0.4) is 0 Å². The number of aryl methyl sites for hydroxylation is 1. The van der Waals surface area contributed by atoms with E-state index in [4.69, 9.17) is 5.11 Å². The number of rotatable bonds is 7. The maximum Gasteiger partial charge on any atom is 0.306 e. The molecule has 140 valence electrons. The molecule has 0 saturated carbocycles. The number of hydrogen-bond donors (Lipinski definition) is 2. The van der Waals surface area contributed by atoms with Gasteiger partial charge in [-0.05, 0) is 46.9 Å². The molecule has 0 fully saturated rings. The Morgan fingerprint density at radius 1 is 1.04 bits per heavy atom. The van der Waals surface area contributed by atoms with Crippen molar-refractivity contribution in [1.82, 2.24) is 0 Å². The Morgan fingerprint density at radius 3 is 2.41 bits per heavy atom. The fourth-order valence-corrected chi connectivity index (χ4v) is 4.79. The average molecular weight is 382 g/mol. The highest BCUT2D eigenvalue weighted by atomic mass is 31.2. The number of carboxylic acids is 1. The van der Waals surface area contributed by atoms with Gasteiger partial charge in [-0.15, -0.1) is 0 Å². The molecule has 0 spiro atoms. The summed E-state index contributed by atoms with van der Waals surface area (Å²) in [6, 6.07) is 20.6. The Balaban J connectivity index is 1.98. The summed E-state index contributed by atoms with van der Waals surface area (Å²) < 4.78 is 13.1. The lowest BCUT2D eigenvalue weighted by Gasteiger charge is -2.16. The molecule has 2 atom stereocenters. The van der Waals surface area contributed by atoms with E-state index in [1.807, 2.05) is 54.6 Å². The third-order valence-electron chi connectivity index (χ3n) is 4.84. The molecule has 2 N–H and O–H groups in total. The van der Waals surface area contributed by atoms with Gasteiger partial charge in [0.15, 0.2) is 0 Å². The average Bonchev–Trinajstić information content (AvgIpc) is 2.66. The van der Waals surface area contributed by atoms with Crippen molar-refractivity contribution < 1.29 is 19.4 Å². The van der Waals surface area contributed by atoms with Crippen LogP contribution in [0.5, 0.6) is 0 Å². The third-order valence-corrected chi connectivity index (χ3v) is 6.70. The van der Waals surface area contributed by atoms with Crippen molar-refractivity contribution in [3.63, 3.8) is 0 Å². The number of aliphatic carboxylic acids is 1. The number of carbonyl (C=O) groups is 1. The first kappa shape index (κ1) is 19.3. The molecule has 0 radical (unpaired) electrons. The van der Waals surface area contributed by atoms with Crippen LogP contribution in [0.1, 0.15) is 24.5 Å². The quantitative estimate of drug-likeness (QED) is 0.586. The predicted octanol–water partition coefficient (Wildman–Crippen LogP) is 4.59. The van der Waals surface area contributed by atoms with Crippen LogP contribution in [0.4, 0.5) is 0 Å². The van der Waals surface area contributed by atoms with Crippen LogP contribution in [-0.4, -0.2) is 16.0 Å². The molecule has 3 aromatic rings. The van der Waals surface area contributed by atoms with Gasteiger partial charge >= 0.3 is 5.97 Å². The second kappa shape index (κ2) is 8.08. The predicted molar refractivity (Wildman–Crippen MR) is 109 cm³/mol. The lowest BCUT2D eigenvalue weighted by Crippen LogP contribution is -2.12. The van der Waals surface area contributed by atoms with Crippen LogP contribution < -0.4 is 5.30 Å². The van der Waals surface area contributed by atoms with Crippen LogP contribution in [0.25, 0.3) is 10.8 Å². The van der Waals surface area contributed by atoms with Crippen molar-refractivity contribution >= 4 is 29.4 Å². The number of hydrogen-bond acceptors (Lipinski definition) is 2. The monoisotopic (exact) mass is 382 g/mol. The molecular formula is C22H23O4P. The summed E-state index contributed by atoms with van der Waals surface area (Å²) in [4.78, 5) is 21.9. The summed E-state index contributed by atoms with van der Waals surface area (Å²) in [5.74, 6) is -1.29. The van der Waals surface area contributed by atoms with E-state index in [1.54, 1.807) is 19.1 Å². The van der Waals surface area contributed by atoms with Gasteiger partial charge < -0.3 is 10.00 Å². The highest BCUT2D eigenvalue weighted by molar-refractivity contribution is 7.65. The molecule has 0 bridgehead atoms. The molecule has 0 aliphatic carbocycles. The molecule has 0 amide bonds. The van der Waals surface area contributed by atoms with Crippen molar-refractivity contribution in [2.45, 2.75) is 25.9 Å². The van der Waals surface area contributed by atoms with Crippen molar-refractivity contribution in [2.75, 3.05) is 0 Å². The van der Waals surface area contributed by atoms with E-state index in [0.29, 0.717) is 18.1 Å². The van der Waals surface area contributed by atoms with Crippen molar-refractivity contribution in [3.05, 3.63) is 77.9 Å². The van der Waals surface area contributed by atoms with E-state index >= 15 is 0 Å². The van der Waals surface area contributed by atoms with Crippen molar-refractivity contribution in [3.8, 4) is 0 Å². The number of carboxylic acid groups (broad SMARTS) is 1. The van der Waals surface area contributed by atoms with Crippen molar-refractivity contribution in [2.24, 2.45) is 5.92 Å². The van der Waals surface area contributed by atoms with Crippen LogP contribution in [-0.2, 0) is 21.9 Å². The molecule has 0 aromatic heterocycles. The Labute approximate surface area is 158 Å². The van der Waals surface area contributed by atoms with E-state index in [-0.39, 0.29) is 6.16 Å². The molecule has 0 aliphatic heterocycles. The molecule has 3 rings (SSSR count). The highest BCUT2D eigenvalue weighted by Crippen LogP contribution is 2.44. The topological polar surface area (TPSA) is 74.6 Å². The second-order valence-electron chi connectivity index (χ2n) is 6.95. The zero-order valence-corrected chi connectivity index (χ0v) is 16.1. The summed E-state index contributed by atoms with van der Waals surface area (Å²) in [7, 11) is -3.58. The molecule has 27 heavy (non-hydrogen) atoms. The number of benzene rings is 3. The lowest BCUT2D eigenvalue weighted by molar-refractivity contribution is -0.141. The standard InChI is InChI=1S/C22H23O4P/c1-16(22(23)24)11-12-19-14-20(13-18-9-5-6-10-21(18)19)27(25,26)15-17-7-3-2-4-8-17/h2-10,13-14,16H,11-12,15H2,1H3,(H,23,24)(H,25,26). The Hall–Kier alpha value is -2.42. The first-order chi connectivity index (χ1) is 12.9. The van der Waals surface area contributed by atoms with E-state index in [1.165, 1.54) is 0 Å². The zero-order valence-electron chi connectivity index (χ0n) is 15.2. The van der Waals surface area contributed by atoms with Gasteiger partial charge in [0.1, 0.15) is 0 Å². The molecule has 0 aliphatic rings. The SMILES string of the molecule is CC(CCc1cc(P(=O)(O)Cc2ccccc2)cc2ccccc12)C(=O)O. The zero-order chi connectivity index (χ0) is 19.4. The van der Waals surface area contributed by atoms with Gasteiger partial charge in [0.25, 0.3) is 0 Å². The number of fused-ring (bicyclic) bond motifs is 1. The van der Waals surface area contributed by atoms with E-state index < -0.39 is 19.3 Å². The van der Waals surface area contributed by atoms with Gasteiger partial charge in [0.05, 0.1) is 12.1 Å². The van der Waals surface area contributed by atoms with Gasteiger partial charge in [0, 0.05) is 5.30 Å².